The Labute approximate surface area is 134 Å². The molecule has 0 saturated carbocycles. The summed E-state index contributed by atoms with van der Waals surface area (Å²) in [4.78, 5) is 14.6. The van der Waals surface area contributed by atoms with Gasteiger partial charge in [-0.3, -0.25) is 4.79 Å². The zero-order valence-corrected chi connectivity index (χ0v) is 13.3. The number of hydrogen-bond acceptors (Lipinski definition) is 5. The minimum absolute atomic E-state index is 0.000703. The molecular weight excluding hydrogens is 296 g/mol. The van der Waals surface area contributed by atoms with Crippen LogP contribution in [0.25, 0.3) is 0 Å². The topological polar surface area (TPSA) is 69.5 Å². The third kappa shape index (κ3) is 3.28. The van der Waals surface area contributed by atoms with Crippen LogP contribution < -0.4 is 9.47 Å². The summed E-state index contributed by atoms with van der Waals surface area (Å²) >= 11 is 0. The Balaban J connectivity index is 1.70. The fourth-order valence-corrected chi connectivity index (χ4v) is 2.86. The predicted molar refractivity (Wildman–Crippen MR) is 83.7 cm³/mol. The molecule has 7 nitrogen and oxygen atoms in total. The molecule has 1 aliphatic rings. The van der Waals surface area contributed by atoms with E-state index in [-0.39, 0.29) is 5.91 Å². The molecule has 2 heterocycles. The lowest BCUT2D eigenvalue weighted by Crippen LogP contribution is -2.39. The summed E-state index contributed by atoms with van der Waals surface area (Å²) < 4.78 is 12.3. The van der Waals surface area contributed by atoms with Crippen molar-refractivity contribution in [3.8, 4) is 11.5 Å². The SMILES string of the molecule is COc1cc(OC)cc(C(=O)N2CCC(n3ccnn3)CC2)c1. The van der Waals surface area contributed by atoms with Crippen LogP contribution in [0.2, 0.25) is 0 Å². The average molecular weight is 316 g/mol. The van der Waals surface area contributed by atoms with Gasteiger partial charge in [0.1, 0.15) is 11.5 Å². The van der Waals surface area contributed by atoms with Crippen LogP contribution in [-0.2, 0) is 0 Å². The molecular formula is C16H20N4O3. The lowest BCUT2D eigenvalue weighted by molar-refractivity contribution is 0.0688. The van der Waals surface area contributed by atoms with E-state index in [1.54, 1.807) is 38.6 Å². The minimum atomic E-state index is -0.000703. The number of ether oxygens (including phenoxy) is 2. The van der Waals surface area contributed by atoms with Crippen LogP contribution in [0.15, 0.2) is 30.6 Å². The molecule has 1 amide bonds. The van der Waals surface area contributed by atoms with Gasteiger partial charge in [-0.1, -0.05) is 5.21 Å². The van der Waals surface area contributed by atoms with Crippen LogP contribution in [0.5, 0.6) is 11.5 Å². The summed E-state index contributed by atoms with van der Waals surface area (Å²) in [6.45, 7) is 1.39. The van der Waals surface area contributed by atoms with E-state index in [1.165, 1.54) is 0 Å². The number of piperidine rings is 1. The predicted octanol–water partition coefficient (Wildman–Crippen LogP) is 1.77. The highest BCUT2D eigenvalue weighted by Crippen LogP contribution is 2.26. The van der Waals surface area contributed by atoms with E-state index in [2.05, 4.69) is 10.3 Å². The number of aromatic nitrogens is 3. The van der Waals surface area contributed by atoms with E-state index in [9.17, 15) is 4.79 Å². The number of likely N-dealkylation sites (tertiary alicyclic amines) is 1. The molecule has 1 saturated heterocycles. The normalized spacial score (nSPS) is 15.5. The monoisotopic (exact) mass is 316 g/mol. The Bertz CT molecular complexity index is 642. The molecule has 1 aliphatic heterocycles. The number of hydrogen-bond donors (Lipinski definition) is 0. The van der Waals surface area contributed by atoms with Crippen LogP contribution in [0, 0.1) is 0 Å². The van der Waals surface area contributed by atoms with Crippen molar-refractivity contribution in [1.82, 2.24) is 19.9 Å². The first kappa shape index (κ1) is 15.3. The standard InChI is InChI=1S/C16H20N4O3/c1-22-14-9-12(10-15(11-14)23-2)16(21)19-6-3-13(4-7-19)20-8-5-17-18-20/h5,8-11,13H,3-4,6-7H2,1-2H3. The lowest BCUT2D eigenvalue weighted by atomic mass is 10.0. The highest BCUT2D eigenvalue weighted by molar-refractivity contribution is 5.95. The van der Waals surface area contributed by atoms with Crippen molar-refractivity contribution in [1.29, 1.82) is 0 Å². The van der Waals surface area contributed by atoms with Crippen molar-refractivity contribution in [3.63, 3.8) is 0 Å². The Hall–Kier alpha value is -2.57. The average Bonchev–Trinajstić information content (AvgIpc) is 3.15. The third-order valence-corrected chi connectivity index (χ3v) is 4.17. The number of benzene rings is 1. The summed E-state index contributed by atoms with van der Waals surface area (Å²) in [6, 6.07) is 5.55. The maximum absolute atomic E-state index is 12.7. The first-order chi connectivity index (χ1) is 11.2. The van der Waals surface area contributed by atoms with Gasteiger partial charge in [0.05, 0.1) is 26.5 Å². The van der Waals surface area contributed by atoms with Gasteiger partial charge in [-0.05, 0) is 25.0 Å². The molecule has 2 aromatic rings. The van der Waals surface area contributed by atoms with Crippen molar-refractivity contribution in [3.05, 3.63) is 36.2 Å². The van der Waals surface area contributed by atoms with Gasteiger partial charge in [-0.15, -0.1) is 5.10 Å². The molecule has 0 radical (unpaired) electrons. The van der Waals surface area contributed by atoms with E-state index < -0.39 is 0 Å². The summed E-state index contributed by atoms with van der Waals surface area (Å²) in [5.74, 6) is 1.23. The van der Waals surface area contributed by atoms with E-state index in [0.717, 1.165) is 12.8 Å². The van der Waals surface area contributed by atoms with Crippen molar-refractivity contribution >= 4 is 5.91 Å². The summed E-state index contributed by atoms with van der Waals surface area (Å²) in [7, 11) is 3.15. The van der Waals surface area contributed by atoms with E-state index in [4.69, 9.17) is 9.47 Å². The van der Waals surface area contributed by atoms with Crippen LogP contribution in [0.3, 0.4) is 0 Å². The molecule has 0 bridgehead atoms. The minimum Gasteiger partial charge on any atom is -0.497 e. The first-order valence-corrected chi connectivity index (χ1v) is 7.59. The molecule has 0 unspecified atom stereocenters. The van der Waals surface area contributed by atoms with Gasteiger partial charge in [0.25, 0.3) is 5.91 Å². The van der Waals surface area contributed by atoms with Gasteiger partial charge < -0.3 is 14.4 Å². The molecule has 1 aromatic heterocycles. The van der Waals surface area contributed by atoms with Crippen molar-refractivity contribution < 1.29 is 14.3 Å². The van der Waals surface area contributed by atoms with Crippen LogP contribution in [0.1, 0.15) is 29.2 Å². The van der Waals surface area contributed by atoms with Crippen LogP contribution in [0.4, 0.5) is 0 Å². The van der Waals surface area contributed by atoms with E-state index >= 15 is 0 Å². The second-order valence-electron chi connectivity index (χ2n) is 5.51. The fourth-order valence-electron chi connectivity index (χ4n) is 2.86. The van der Waals surface area contributed by atoms with Gasteiger partial charge in [0, 0.05) is 30.9 Å². The van der Waals surface area contributed by atoms with Crippen molar-refractivity contribution in [2.75, 3.05) is 27.3 Å². The lowest BCUT2D eigenvalue weighted by Gasteiger charge is -2.32. The number of carbonyl (C=O) groups excluding carboxylic acids is 1. The van der Waals surface area contributed by atoms with Crippen molar-refractivity contribution in [2.45, 2.75) is 18.9 Å². The molecule has 23 heavy (non-hydrogen) atoms. The van der Waals surface area contributed by atoms with Gasteiger partial charge in [0.15, 0.2) is 0 Å². The molecule has 0 spiro atoms. The Kier molecular flexibility index (Phi) is 4.45. The quantitative estimate of drug-likeness (QED) is 0.860. The highest BCUT2D eigenvalue weighted by atomic mass is 16.5. The summed E-state index contributed by atoms with van der Waals surface area (Å²) in [5.41, 5.74) is 0.584. The zero-order valence-electron chi connectivity index (χ0n) is 13.3. The fraction of sp³-hybridized carbons (Fsp3) is 0.438. The Morgan fingerprint density at radius 1 is 1.13 bits per heavy atom. The number of carbonyl (C=O) groups is 1. The van der Waals surface area contributed by atoms with Crippen molar-refractivity contribution in [2.24, 2.45) is 0 Å². The second kappa shape index (κ2) is 6.68. The first-order valence-electron chi connectivity index (χ1n) is 7.59. The largest absolute Gasteiger partial charge is 0.497 e. The van der Waals surface area contributed by atoms with E-state index in [1.807, 2.05) is 15.8 Å². The zero-order chi connectivity index (χ0) is 16.2. The Morgan fingerprint density at radius 3 is 2.30 bits per heavy atom. The Morgan fingerprint density at radius 2 is 1.78 bits per heavy atom. The molecule has 0 atom stereocenters. The molecule has 7 heteroatoms. The number of methoxy groups -OCH3 is 2. The second-order valence-corrected chi connectivity index (χ2v) is 5.51. The smallest absolute Gasteiger partial charge is 0.254 e. The van der Waals surface area contributed by atoms with Gasteiger partial charge in [-0.2, -0.15) is 0 Å². The third-order valence-electron chi connectivity index (χ3n) is 4.17. The molecule has 1 aromatic carbocycles. The molecule has 0 aliphatic carbocycles. The molecule has 1 fully saturated rings. The summed E-state index contributed by atoms with van der Waals surface area (Å²) in [6.07, 6.45) is 5.29. The van der Waals surface area contributed by atoms with Crippen LogP contribution >= 0.6 is 0 Å². The van der Waals surface area contributed by atoms with E-state index in [0.29, 0.717) is 36.2 Å². The summed E-state index contributed by atoms with van der Waals surface area (Å²) in [5, 5.41) is 7.89. The molecule has 122 valence electrons. The number of amides is 1. The van der Waals surface area contributed by atoms with Gasteiger partial charge in [-0.25, -0.2) is 4.68 Å². The molecule has 3 rings (SSSR count). The van der Waals surface area contributed by atoms with Crippen LogP contribution in [-0.4, -0.2) is 53.1 Å². The maximum Gasteiger partial charge on any atom is 0.254 e. The highest BCUT2D eigenvalue weighted by Gasteiger charge is 2.25. The maximum atomic E-state index is 12.7. The molecule has 0 N–H and O–H groups in total. The number of rotatable bonds is 4. The van der Waals surface area contributed by atoms with Gasteiger partial charge >= 0.3 is 0 Å². The number of nitrogens with zero attached hydrogens (tertiary/aromatic N) is 4. The van der Waals surface area contributed by atoms with Gasteiger partial charge in [0.2, 0.25) is 0 Å².